The van der Waals surface area contributed by atoms with Gasteiger partial charge in [-0.25, -0.2) is 0 Å². The van der Waals surface area contributed by atoms with Crippen molar-refractivity contribution in [1.29, 1.82) is 0 Å². The first-order valence-electron chi connectivity index (χ1n) is 4.39. The minimum atomic E-state index is -1.11. The molecule has 0 aromatic rings. The van der Waals surface area contributed by atoms with Crippen LogP contribution in [0.2, 0.25) is 0 Å². The molecule has 1 atom stereocenters. The minimum Gasteiger partial charge on any atom is -0.481 e. The maximum absolute atomic E-state index is 10.6. The lowest BCUT2D eigenvalue weighted by Crippen LogP contribution is -2.37. The van der Waals surface area contributed by atoms with Crippen LogP contribution in [-0.2, 0) is 14.4 Å². The van der Waals surface area contributed by atoms with Gasteiger partial charge in [-0.15, -0.1) is 0 Å². The van der Waals surface area contributed by atoms with Gasteiger partial charge in [0.25, 0.3) is 0 Å². The number of carboxylic acid groups (broad SMARTS) is 2. The molecule has 3 N–H and O–H groups in total. The summed E-state index contributed by atoms with van der Waals surface area (Å²) in [5.74, 6) is -2.13. The van der Waals surface area contributed by atoms with E-state index in [1.165, 1.54) is 0 Å². The Morgan fingerprint density at radius 3 is 2.50 bits per heavy atom. The molecule has 0 saturated carbocycles. The first-order valence-corrected chi connectivity index (χ1v) is 4.39. The highest BCUT2D eigenvalue weighted by atomic mass is 16.6. The van der Waals surface area contributed by atoms with Crippen molar-refractivity contribution in [1.82, 2.24) is 5.48 Å². The van der Waals surface area contributed by atoms with Crippen molar-refractivity contribution in [2.45, 2.75) is 32.2 Å². The fraction of sp³-hybridized carbons (Fsp3) is 0.750. The molecular formula is C8H15NO5. The number of aliphatic carboxylic acids is 2. The average molecular weight is 205 g/mol. The molecule has 0 aliphatic carbocycles. The van der Waals surface area contributed by atoms with E-state index < -0.39 is 18.0 Å². The van der Waals surface area contributed by atoms with Crippen LogP contribution in [0.5, 0.6) is 0 Å². The molecule has 0 aliphatic rings. The Hall–Kier alpha value is -1.14. The van der Waals surface area contributed by atoms with Crippen LogP contribution in [-0.4, -0.2) is 34.8 Å². The van der Waals surface area contributed by atoms with E-state index in [4.69, 9.17) is 15.1 Å². The fourth-order valence-corrected chi connectivity index (χ4v) is 0.762. The molecule has 0 fully saturated rings. The molecule has 0 spiro atoms. The van der Waals surface area contributed by atoms with Crippen LogP contribution in [0.4, 0.5) is 0 Å². The van der Waals surface area contributed by atoms with Crippen molar-refractivity contribution in [3.63, 3.8) is 0 Å². The normalized spacial score (nSPS) is 12.4. The summed E-state index contributed by atoms with van der Waals surface area (Å²) >= 11 is 0. The number of carboxylic acids is 2. The van der Waals surface area contributed by atoms with Gasteiger partial charge >= 0.3 is 11.9 Å². The highest BCUT2D eigenvalue weighted by molar-refractivity contribution is 5.74. The zero-order chi connectivity index (χ0) is 11.0. The number of carbonyl (C=O) groups is 2. The van der Waals surface area contributed by atoms with Crippen LogP contribution >= 0.6 is 0 Å². The third kappa shape index (κ3) is 6.38. The maximum Gasteiger partial charge on any atom is 0.323 e. The zero-order valence-electron chi connectivity index (χ0n) is 8.02. The molecule has 0 radical (unpaired) electrons. The van der Waals surface area contributed by atoms with Gasteiger partial charge in [-0.3, -0.25) is 9.59 Å². The SMILES string of the molecule is CCCON[C@@H](CCC(=O)O)C(=O)O. The zero-order valence-corrected chi connectivity index (χ0v) is 8.02. The fourth-order valence-electron chi connectivity index (χ4n) is 0.762. The van der Waals surface area contributed by atoms with E-state index in [0.717, 1.165) is 6.42 Å². The number of nitrogens with one attached hydrogen (secondary N) is 1. The molecule has 6 nitrogen and oxygen atoms in total. The van der Waals surface area contributed by atoms with Crippen LogP contribution in [0.15, 0.2) is 0 Å². The Kier molecular flexibility index (Phi) is 6.69. The maximum atomic E-state index is 10.6. The van der Waals surface area contributed by atoms with E-state index in [9.17, 15) is 9.59 Å². The first kappa shape index (κ1) is 12.9. The summed E-state index contributed by atoms with van der Waals surface area (Å²) < 4.78 is 0. The predicted molar refractivity (Wildman–Crippen MR) is 47.7 cm³/mol. The Morgan fingerprint density at radius 2 is 2.07 bits per heavy atom. The van der Waals surface area contributed by atoms with E-state index in [0.29, 0.717) is 6.61 Å². The molecular weight excluding hydrogens is 190 g/mol. The lowest BCUT2D eigenvalue weighted by molar-refractivity contribution is -0.145. The Balaban J connectivity index is 3.78. The molecule has 14 heavy (non-hydrogen) atoms. The van der Waals surface area contributed by atoms with Gasteiger partial charge in [-0.05, 0) is 12.8 Å². The largest absolute Gasteiger partial charge is 0.481 e. The van der Waals surface area contributed by atoms with Gasteiger partial charge in [0, 0.05) is 6.42 Å². The minimum absolute atomic E-state index is 0.00831. The van der Waals surface area contributed by atoms with E-state index in [1.54, 1.807) is 0 Å². The summed E-state index contributed by atoms with van der Waals surface area (Å²) in [5, 5.41) is 17.0. The highest BCUT2D eigenvalue weighted by Gasteiger charge is 2.18. The van der Waals surface area contributed by atoms with Gasteiger partial charge in [0.2, 0.25) is 0 Å². The lowest BCUT2D eigenvalue weighted by atomic mass is 10.2. The number of rotatable bonds is 8. The molecule has 0 unspecified atom stereocenters. The smallest absolute Gasteiger partial charge is 0.323 e. The van der Waals surface area contributed by atoms with Crippen molar-refractivity contribution < 1.29 is 24.6 Å². The molecule has 6 heteroatoms. The van der Waals surface area contributed by atoms with E-state index >= 15 is 0 Å². The van der Waals surface area contributed by atoms with Crippen molar-refractivity contribution in [3.05, 3.63) is 0 Å². The monoisotopic (exact) mass is 205 g/mol. The lowest BCUT2D eigenvalue weighted by Gasteiger charge is -2.12. The number of hydroxylamine groups is 1. The molecule has 0 heterocycles. The Bertz CT molecular complexity index is 194. The Labute approximate surface area is 81.8 Å². The van der Waals surface area contributed by atoms with Gasteiger partial charge in [0.1, 0.15) is 6.04 Å². The van der Waals surface area contributed by atoms with Gasteiger partial charge in [-0.2, -0.15) is 5.48 Å². The van der Waals surface area contributed by atoms with Crippen molar-refractivity contribution >= 4 is 11.9 Å². The van der Waals surface area contributed by atoms with Crippen LogP contribution < -0.4 is 5.48 Å². The highest BCUT2D eigenvalue weighted by Crippen LogP contribution is 1.98. The summed E-state index contributed by atoms with van der Waals surface area (Å²) in [4.78, 5) is 25.6. The van der Waals surface area contributed by atoms with Crippen LogP contribution in [0.3, 0.4) is 0 Å². The number of hydrogen-bond donors (Lipinski definition) is 3. The molecule has 0 rings (SSSR count). The van der Waals surface area contributed by atoms with Crippen LogP contribution in [0, 0.1) is 0 Å². The molecule has 0 aromatic heterocycles. The van der Waals surface area contributed by atoms with Gasteiger partial charge < -0.3 is 15.1 Å². The van der Waals surface area contributed by atoms with Gasteiger partial charge in [0.15, 0.2) is 0 Å². The number of hydrogen-bond acceptors (Lipinski definition) is 4. The van der Waals surface area contributed by atoms with Gasteiger partial charge in [0.05, 0.1) is 6.61 Å². The van der Waals surface area contributed by atoms with E-state index in [-0.39, 0.29) is 12.8 Å². The molecule has 0 bridgehead atoms. The summed E-state index contributed by atoms with van der Waals surface area (Å²) in [6.07, 6.45) is 0.575. The quantitative estimate of drug-likeness (QED) is 0.388. The molecule has 0 saturated heterocycles. The van der Waals surface area contributed by atoms with Crippen molar-refractivity contribution in [3.8, 4) is 0 Å². The third-order valence-electron chi connectivity index (χ3n) is 1.48. The average Bonchev–Trinajstić information content (AvgIpc) is 2.10. The Morgan fingerprint density at radius 1 is 1.43 bits per heavy atom. The van der Waals surface area contributed by atoms with Crippen molar-refractivity contribution in [2.75, 3.05) is 6.61 Å². The van der Waals surface area contributed by atoms with Crippen LogP contribution in [0.1, 0.15) is 26.2 Å². The van der Waals surface area contributed by atoms with Crippen LogP contribution in [0.25, 0.3) is 0 Å². The van der Waals surface area contributed by atoms with E-state index in [2.05, 4.69) is 5.48 Å². The topological polar surface area (TPSA) is 95.9 Å². The summed E-state index contributed by atoms with van der Waals surface area (Å²) in [7, 11) is 0. The summed E-state index contributed by atoms with van der Waals surface area (Å²) in [6.45, 7) is 2.28. The second-order valence-electron chi connectivity index (χ2n) is 2.79. The molecule has 0 amide bonds. The summed E-state index contributed by atoms with van der Waals surface area (Å²) in [5.41, 5.74) is 2.31. The second kappa shape index (κ2) is 7.28. The van der Waals surface area contributed by atoms with Gasteiger partial charge in [-0.1, -0.05) is 6.92 Å². The first-order chi connectivity index (χ1) is 6.57. The standard InChI is InChI=1S/C8H15NO5/c1-2-5-14-9-6(8(12)13)3-4-7(10)11/h6,9H,2-5H2,1H3,(H,10,11)(H,12,13)/t6-/m0/s1. The molecule has 0 aromatic carbocycles. The summed E-state index contributed by atoms with van der Waals surface area (Å²) in [6, 6.07) is -0.961. The molecule has 82 valence electrons. The van der Waals surface area contributed by atoms with E-state index in [1.807, 2.05) is 6.92 Å². The van der Waals surface area contributed by atoms with Crippen molar-refractivity contribution in [2.24, 2.45) is 0 Å². The predicted octanol–water partition coefficient (Wildman–Crippen LogP) is 0.236. The second-order valence-corrected chi connectivity index (χ2v) is 2.79. The third-order valence-corrected chi connectivity index (χ3v) is 1.48. The molecule has 0 aliphatic heterocycles.